The Morgan fingerprint density at radius 1 is 1.45 bits per heavy atom. The zero-order valence-corrected chi connectivity index (χ0v) is 10.1. The molecule has 0 N–H and O–H groups in total. The van der Waals surface area contributed by atoms with Crippen LogP contribution in [-0.2, 0) is 42.3 Å². The van der Waals surface area contributed by atoms with Gasteiger partial charge in [0, 0.05) is 45.6 Å². The molecule has 0 aromatic carbocycles. The number of carbonyl (C=O) groups excluding carboxylic acids is 2. The fourth-order valence-corrected chi connectivity index (χ4v) is 0.535. The van der Waals surface area contributed by atoms with Crippen molar-refractivity contribution in [1.82, 2.24) is 0 Å². The van der Waals surface area contributed by atoms with Gasteiger partial charge in [-0.2, -0.15) is 6.42 Å². The standard InChI is InChI=1S/C7H11O2.CH3.Y/c1-2-7(9)5-3-4-6-8;;/h2-5H2,1H3;1H3;/q2*-1;. The van der Waals surface area contributed by atoms with Gasteiger partial charge in [0.15, 0.2) is 0 Å². The van der Waals surface area contributed by atoms with Gasteiger partial charge in [-0.15, -0.1) is 0 Å². The van der Waals surface area contributed by atoms with Crippen LogP contribution in [0.3, 0.4) is 0 Å². The molecule has 0 amide bonds. The van der Waals surface area contributed by atoms with E-state index in [1.54, 1.807) is 6.29 Å². The molecule has 0 aliphatic rings. The minimum absolute atomic E-state index is 0. The van der Waals surface area contributed by atoms with Crippen LogP contribution in [0.25, 0.3) is 0 Å². The molecule has 11 heavy (non-hydrogen) atoms. The Morgan fingerprint density at radius 3 is 2.36 bits per heavy atom. The van der Waals surface area contributed by atoms with Crippen molar-refractivity contribution in [2.75, 3.05) is 0 Å². The van der Waals surface area contributed by atoms with E-state index in [0.717, 1.165) is 0 Å². The van der Waals surface area contributed by atoms with E-state index in [1.807, 2.05) is 6.92 Å². The van der Waals surface area contributed by atoms with Gasteiger partial charge in [0.2, 0.25) is 0 Å². The van der Waals surface area contributed by atoms with E-state index in [2.05, 4.69) is 0 Å². The van der Waals surface area contributed by atoms with Crippen molar-refractivity contribution in [2.45, 2.75) is 32.6 Å². The van der Waals surface area contributed by atoms with Crippen LogP contribution in [0.1, 0.15) is 32.6 Å². The van der Waals surface area contributed by atoms with Crippen molar-refractivity contribution in [3.63, 3.8) is 0 Å². The fraction of sp³-hybridized carbons (Fsp3) is 0.625. The molecule has 63 valence electrons. The Balaban J connectivity index is -0.000000320. The van der Waals surface area contributed by atoms with Crippen LogP contribution in [0, 0.1) is 7.43 Å². The Labute approximate surface area is 94.0 Å². The van der Waals surface area contributed by atoms with Gasteiger partial charge in [0.25, 0.3) is 0 Å². The second kappa shape index (κ2) is 13.1. The van der Waals surface area contributed by atoms with Gasteiger partial charge in [-0.1, -0.05) is 13.3 Å². The van der Waals surface area contributed by atoms with Gasteiger partial charge >= 0.3 is 0 Å². The largest absolute Gasteiger partial charge is 0.542 e. The van der Waals surface area contributed by atoms with Gasteiger partial charge < -0.3 is 12.2 Å². The molecule has 0 aliphatic carbocycles. The summed E-state index contributed by atoms with van der Waals surface area (Å²) < 4.78 is 0. The maximum Gasteiger partial charge on any atom is 0.132 e. The van der Waals surface area contributed by atoms with Crippen molar-refractivity contribution in [3.05, 3.63) is 7.43 Å². The SMILES string of the molecule is CCC(=O)CCC[C-]=O.[CH3-].[Y]. The molecule has 0 spiro atoms. The van der Waals surface area contributed by atoms with Crippen LogP contribution >= 0.6 is 0 Å². The van der Waals surface area contributed by atoms with E-state index in [9.17, 15) is 9.59 Å². The van der Waals surface area contributed by atoms with E-state index in [-0.39, 0.29) is 45.9 Å². The summed E-state index contributed by atoms with van der Waals surface area (Å²) in [7, 11) is 0. The molecule has 0 aromatic rings. The summed E-state index contributed by atoms with van der Waals surface area (Å²) >= 11 is 0. The molecule has 3 heteroatoms. The summed E-state index contributed by atoms with van der Waals surface area (Å²) in [4.78, 5) is 20.2. The molecule has 0 aromatic heterocycles. The first-order valence-electron chi connectivity index (χ1n) is 3.18. The summed E-state index contributed by atoms with van der Waals surface area (Å²) in [5.74, 6) is 0.227. The predicted octanol–water partition coefficient (Wildman–Crippen LogP) is 1.69. The van der Waals surface area contributed by atoms with Crippen LogP contribution in [0.15, 0.2) is 0 Å². The summed E-state index contributed by atoms with van der Waals surface area (Å²) in [5.41, 5.74) is 0. The van der Waals surface area contributed by atoms with Crippen LogP contribution in [-0.4, -0.2) is 12.1 Å². The molecule has 0 heterocycles. The third-order valence-corrected chi connectivity index (χ3v) is 1.13. The van der Waals surface area contributed by atoms with Gasteiger partial charge in [0.1, 0.15) is 5.78 Å². The minimum atomic E-state index is 0. The molecule has 0 fully saturated rings. The van der Waals surface area contributed by atoms with E-state index >= 15 is 0 Å². The molecule has 0 rings (SSSR count). The Hall–Kier alpha value is 0.444. The topological polar surface area (TPSA) is 34.1 Å². The van der Waals surface area contributed by atoms with Crippen LogP contribution in [0.5, 0.6) is 0 Å². The molecule has 0 bridgehead atoms. The summed E-state index contributed by atoms with van der Waals surface area (Å²) in [6, 6.07) is 0. The number of Topliss-reactive ketones (excluding diaryl/α,β-unsaturated/α-hetero) is 1. The Kier molecular flexibility index (Phi) is 20.8. The third-order valence-electron chi connectivity index (χ3n) is 1.13. The van der Waals surface area contributed by atoms with E-state index in [1.165, 1.54) is 0 Å². The fourth-order valence-electron chi connectivity index (χ4n) is 0.535. The first-order chi connectivity index (χ1) is 4.31. The van der Waals surface area contributed by atoms with E-state index < -0.39 is 0 Å². The zero-order chi connectivity index (χ0) is 7.11. The van der Waals surface area contributed by atoms with Gasteiger partial charge in [0.05, 0.1) is 0 Å². The normalized spacial score (nSPS) is 7.36. The molecule has 0 atom stereocenters. The van der Waals surface area contributed by atoms with Crippen molar-refractivity contribution in [2.24, 2.45) is 0 Å². The molecular formula is C8H14O2Y-2. The van der Waals surface area contributed by atoms with Gasteiger partial charge in [-0.25, -0.2) is 0 Å². The van der Waals surface area contributed by atoms with Crippen LogP contribution in [0.4, 0.5) is 0 Å². The maximum atomic E-state index is 10.6. The second-order valence-electron chi connectivity index (χ2n) is 1.89. The quantitative estimate of drug-likeness (QED) is 0.533. The first-order valence-corrected chi connectivity index (χ1v) is 3.18. The zero-order valence-electron chi connectivity index (χ0n) is 7.22. The number of hydrogen-bond acceptors (Lipinski definition) is 2. The van der Waals surface area contributed by atoms with Crippen LogP contribution < -0.4 is 0 Å². The summed E-state index contributed by atoms with van der Waals surface area (Å²) in [6.07, 6.45) is 3.92. The maximum absolute atomic E-state index is 10.6. The Morgan fingerprint density at radius 2 is 2.00 bits per heavy atom. The third kappa shape index (κ3) is 13.4. The monoisotopic (exact) mass is 231 g/mol. The molecule has 0 unspecified atom stereocenters. The van der Waals surface area contributed by atoms with Crippen LogP contribution in [0.2, 0.25) is 0 Å². The van der Waals surface area contributed by atoms with E-state index in [0.29, 0.717) is 25.7 Å². The number of rotatable bonds is 5. The number of ketones is 1. The number of unbranched alkanes of at least 4 members (excludes halogenated alkanes) is 1. The van der Waals surface area contributed by atoms with Crippen molar-refractivity contribution in [1.29, 1.82) is 0 Å². The Bertz CT molecular complexity index is 102. The first kappa shape index (κ1) is 17.5. The van der Waals surface area contributed by atoms with Crippen molar-refractivity contribution < 1.29 is 42.3 Å². The van der Waals surface area contributed by atoms with Crippen molar-refractivity contribution >= 4 is 12.1 Å². The molecular weight excluding hydrogens is 217 g/mol. The summed E-state index contributed by atoms with van der Waals surface area (Å²) in [5, 5.41) is 0. The van der Waals surface area contributed by atoms with Gasteiger partial charge in [-0.3, -0.25) is 11.1 Å². The average molecular weight is 231 g/mol. The number of carbonyl (C=O) groups is 1. The molecule has 0 saturated carbocycles. The predicted molar refractivity (Wildman–Crippen MR) is 41.3 cm³/mol. The van der Waals surface area contributed by atoms with Gasteiger partial charge in [-0.05, 0) is 0 Å². The minimum Gasteiger partial charge on any atom is -0.542 e. The summed E-state index contributed by atoms with van der Waals surface area (Å²) in [6.45, 7) is 1.83. The molecule has 2 nitrogen and oxygen atoms in total. The molecule has 0 aliphatic heterocycles. The van der Waals surface area contributed by atoms with Crippen molar-refractivity contribution in [3.8, 4) is 0 Å². The number of hydrogen-bond donors (Lipinski definition) is 0. The molecule has 1 radical (unpaired) electrons. The average Bonchev–Trinajstić information content (AvgIpc) is 1.89. The second-order valence-corrected chi connectivity index (χ2v) is 1.89. The smallest absolute Gasteiger partial charge is 0.132 e. The molecule has 0 saturated heterocycles. The van der Waals surface area contributed by atoms with E-state index in [4.69, 9.17) is 0 Å².